The molecule has 0 unspecified atom stereocenters. The molecule has 0 aliphatic carbocycles. The highest BCUT2D eigenvalue weighted by Crippen LogP contribution is 2.44. The van der Waals surface area contributed by atoms with E-state index in [9.17, 15) is 9.59 Å². The minimum absolute atomic E-state index is 0.00399. The van der Waals surface area contributed by atoms with Crippen LogP contribution in [0.2, 0.25) is 0 Å². The van der Waals surface area contributed by atoms with Gasteiger partial charge in [-0.1, -0.05) is 48.2 Å². The van der Waals surface area contributed by atoms with Crippen LogP contribution in [0.25, 0.3) is 0 Å². The van der Waals surface area contributed by atoms with Gasteiger partial charge in [-0.25, -0.2) is 0 Å². The highest BCUT2D eigenvalue weighted by atomic mass is 79.9. The quantitative estimate of drug-likeness (QED) is 0.679. The van der Waals surface area contributed by atoms with E-state index in [4.69, 9.17) is 0 Å². The van der Waals surface area contributed by atoms with Crippen molar-refractivity contribution >= 4 is 38.3 Å². The predicted molar refractivity (Wildman–Crippen MR) is 104 cm³/mol. The van der Waals surface area contributed by atoms with Gasteiger partial charge in [-0.2, -0.15) is 0 Å². The molecule has 1 fully saturated rings. The standard InChI is InChI=1S/C20H20BrNO2S/c1-15(23)22-13-11-20(12-14-22,19(21)24)17-9-5-6-10-18(17)25-16-7-3-2-4-8-16/h2-10H,11-14H2,1H3. The van der Waals surface area contributed by atoms with Crippen LogP contribution in [0.5, 0.6) is 0 Å². The maximum Gasteiger partial charge on any atom is 0.219 e. The smallest absolute Gasteiger partial charge is 0.219 e. The molecule has 3 rings (SSSR count). The number of hydrogen-bond acceptors (Lipinski definition) is 3. The molecule has 0 saturated carbocycles. The van der Waals surface area contributed by atoms with Crippen molar-refractivity contribution in [2.75, 3.05) is 13.1 Å². The minimum atomic E-state index is -0.579. The van der Waals surface area contributed by atoms with Gasteiger partial charge in [-0.15, -0.1) is 0 Å². The number of carbonyl (C=O) groups excluding carboxylic acids is 2. The Morgan fingerprint density at radius 2 is 1.60 bits per heavy atom. The molecule has 1 heterocycles. The summed E-state index contributed by atoms with van der Waals surface area (Å²) < 4.78 is 0.00399. The lowest BCUT2D eigenvalue weighted by Gasteiger charge is -2.40. The molecule has 0 atom stereocenters. The highest BCUT2D eigenvalue weighted by molar-refractivity contribution is 9.18. The van der Waals surface area contributed by atoms with E-state index in [1.807, 2.05) is 41.3 Å². The summed E-state index contributed by atoms with van der Waals surface area (Å²) in [5, 5.41) is 0. The van der Waals surface area contributed by atoms with Gasteiger partial charge >= 0.3 is 0 Å². The van der Waals surface area contributed by atoms with Crippen molar-refractivity contribution in [2.45, 2.75) is 35.0 Å². The number of amides is 1. The zero-order valence-corrected chi connectivity index (χ0v) is 16.5. The van der Waals surface area contributed by atoms with E-state index >= 15 is 0 Å². The molecule has 1 aliphatic rings. The fourth-order valence-electron chi connectivity index (χ4n) is 3.34. The monoisotopic (exact) mass is 417 g/mol. The molecule has 3 nitrogen and oxygen atoms in total. The van der Waals surface area contributed by atoms with Crippen LogP contribution in [-0.2, 0) is 15.0 Å². The third kappa shape index (κ3) is 3.82. The molecule has 5 heteroatoms. The minimum Gasteiger partial charge on any atom is -0.343 e. The molecule has 1 aliphatic heterocycles. The zero-order valence-electron chi connectivity index (χ0n) is 14.1. The van der Waals surface area contributed by atoms with Gasteiger partial charge in [-0.3, -0.25) is 9.59 Å². The van der Waals surface area contributed by atoms with Crippen LogP contribution in [0.1, 0.15) is 25.3 Å². The number of rotatable bonds is 4. The maximum atomic E-state index is 12.6. The molecule has 0 bridgehead atoms. The number of likely N-dealkylation sites (tertiary alicyclic amines) is 1. The zero-order chi connectivity index (χ0) is 17.9. The van der Waals surface area contributed by atoms with Crippen LogP contribution in [0.15, 0.2) is 64.4 Å². The summed E-state index contributed by atoms with van der Waals surface area (Å²) in [7, 11) is 0. The van der Waals surface area contributed by atoms with Gasteiger partial charge in [-0.05, 0) is 52.5 Å². The van der Waals surface area contributed by atoms with Crippen molar-refractivity contribution in [3.8, 4) is 0 Å². The first kappa shape index (κ1) is 18.2. The Hall–Kier alpha value is -1.59. The molecule has 0 aromatic heterocycles. The Morgan fingerprint density at radius 1 is 1.00 bits per heavy atom. The van der Waals surface area contributed by atoms with Gasteiger partial charge in [0.05, 0.1) is 5.41 Å². The third-order valence-corrected chi connectivity index (χ3v) is 6.65. The van der Waals surface area contributed by atoms with E-state index in [0.29, 0.717) is 25.9 Å². The lowest BCUT2D eigenvalue weighted by Crippen LogP contribution is -2.47. The van der Waals surface area contributed by atoms with Gasteiger partial charge in [0.2, 0.25) is 10.6 Å². The summed E-state index contributed by atoms with van der Waals surface area (Å²) >= 11 is 4.93. The Labute approximate surface area is 160 Å². The van der Waals surface area contributed by atoms with Crippen LogP contribution in [0, 0.1) is 0 Å². The fraction of sp³-hybridized carbons (Fsp3) is 0.300. The Bertz CT molecular complexity index is 770. The van der Waals surface area contributed by atoms with Crippen LogP contribution >= 0.6 is 27.7 Å². The van der Waals surface area contributed by atoms with Crippen molar-refractivity contribution in [3.05, 3.63) is 60.2 Å². The average Bonchev–Trinajstić information content (AvgIpc) is 2.63. The van der Waals surface area contributed by atoms with Crippen LogP contribution < -0.4 is 0 Å². The average molecular weight is 418 g/mol. The van der Waals surface area contributed by atoms with E-state index in [1.54, 1.807) is 18.7 Å². The second-order valence-electron chi connectivity index (χ2n) is 6.27. The second kappa shape index (κ2) is 7.75. The predicted octanol–water partition coefficient (Wildman–Crippen LogP) is 4.64. The van der Waals surface area contributed by atoms with Crippen LogP contribution in [-0.4, -0.2) is 28.6 Å². The number of hydrogen-bond donors (Lipinski definition) is 0. The Morgan fingerprint density at radius 3 is 2.20 bits per heavy atom. The molecule has 2 aromatic carbocycles. The van der Waals surface area contributed by atoms with E-state index < -0.39 is 5.41 Å². The van der Waals surface area contributed by atoms with Gasteiger partial charge in [0.25, 0.3) is 0 Å². The largest absolute Gasteiger partial charge is 0.343 e. The summed E-state index contributed by atoms with van der Waals surface area (Å²) in [5.74, 6) is 0.0718. The lowest BCUT2D eigenvalue weighted by molar-refractivity contribution is -0.132. The molecule has 2 aromatic rings. The first-order valence-electron chi connectivity index (χ1n) is 8.31. The summed E-state index contributed by atoms with van der Waals surface area (Å²) in [6.45, 7) is 2.80. The first-order valence-corrected chi connectivity index (χ1v) is 9.92. The summed E-state index contributed by atoms with van der Waals surface area (Å²) in [6.07, 6.45) is 1.28. The SMILES string of the molecule is CC(=O)N1CCC(C(=O)Br)(c2ccccc2Sc2ccccc2)CC1. The number of nitrogens with zero attached hydrogens (tertiary/aromatic N) is 1. The fourth-order valence-corrected chi connectivity index (χ4v) is 5.02. The van der Waals surface area contributed by atoms with E-state index in [1.165, 1.54) is 0 Å². The number of halogens is 1. The molecule has 130 valence electrons. The van der Waals surface area contributed by atoms with Gasteiger partial charge in [0, 0.05) is 29.8 Å². The molecule has 25 heavy (non-hydrogen) atoms. The third-order valence-electron chi connectivity index (χ3n) is 4.81. The molecule has 0 N–H and O–H groups in total. The van der Waals surface area contributed by atoms with Crippen molar-refractivity contribution in [2.24, 2.45) is 0 Å². The molecular weight excluding hydrogens is 398 g/mol. The van der Waals surface area contributed by atoms with Crippen molar-refractivity contribution < 1.29 is 9.59 Å². The highest BCUT2D eigenvalue weighted by Gasteiger charge is 2.43. The summed E-state index contributed by atoms with van der Waals surface area (Å²) in [4.78, 5) is 28.3. The Balaban J connectivity index is 1.96. The van der Waals surface area contributed by atoms with E-state index in [2.05, 4.69) is 34.1 Å². The van der Waals surface area contributed by atoms with Crippen molar-refractivity contribution in [3.63, 3.8) is 0 Å². The van der Waals surface area contributed by atoms with Crippen molar-refractivity contribution in [1.29, 1.82) is 0 Å². The molecule has 1 amide bonds. The molecule has 1 saturated heterocycles. The van der Waals surface area contributed by atoms with Gasteiger partial charge in [0.1, 0.15) is 0 Å². The molecule has 0 radical (unpaired) electrons. The van der Waals surface area contributed by atoms with E-state index in [0.717, 1.165) is 15.4 Å². The first-order chi connectivity index (χ1) is 12.0. The lowest BCUT2D eigenvalue weighted by atomic mass is 9.74. The second-order valence-corrected chi connectivity index (χ2v) is 8.11. The normalized spacial score (nSPS) is 16.5. The number of carbonyl (C=O) groups is 2. The Kier molecular flexibility index (Phi) is 5.64. The molecule has 0 spiro atoms. The molecular formula is C20H20BrNO2S. The summed E-state index contributed by atoms with van der Waals surface area (Å²) in [6, 6.07) is 18.3. The maximum absolute atomic E-state index is 12.6. The van der Waals surface area contributed by atoms with Gasteiger partial charge in [0.15, 0.2) is 0 Å². The van der Waals surface area contributed by atoms with Crippen molar-refractivity contribution in [1.82, 2.24) is 4.90 Å². The van der Waals surface area contributed by atoms with Gasteiger partial charge < -0.3 is 4.90 Å². The van der Waals surface area contributed by atoms with E-state index in [-0.39, 0.29) is 10.6 Å². The van der Waals surface area contributed by atoms with Crippen LogP contribution in [0.4, 0.5) is 0 Å². The van der Waals surface area contributed by atoms with Crippen LogP contribution in [0.3, 0.4) is 0 Å². The number of piperidine rings is 1. The number of benzene rings is 2. The summed E-state index contributed by atoms with van der Waals surface area (Å²) in [5.41, 5.74) is 0.471. The topological polar surface area (TPSA) is 37.4 Å².